The van der Waals surface area contributed by atoms with Crippen LogP contribution in [-0.4, -0.2) is 17.2 Å². The van der Waals surface area contributed by atoms with Gasteiger partial charge in [0.15, 0.2) is 0 Å². The second-order valence-electron chi connectivity index (χ2n) is 9.36. The zero-order valence-corrected chi connectivity index (χ0v) is 33.6. The Labute approximate surface area is 314 Å². The Balaban J connectivity index is 0.000000380. The van der Waals surface area contributed by atoms with Crippen LogP contribution < -0.4 is 31.8 Å². The Morgan fingerprint density at radius 3 is 0.571 bits per heavy atom. The largest absolute Gasteiger partial charge is 0.0622 e. The maximum Gasteiger partial charge on any atom is -0.0134 e. The third kappa shape index (κ3) is 17.8. The van der Waals surface area contributed by atoms with Crippen LogP contribution in [0.5, 0.6) is 0 Å². The molecule has 0 unspecified atom stereocenters. The molecule has 0 amide bonds. The van der Waals surface area contributed by atoms with Crippen LogP contribution in [0, 0.1) is 0 Å². The SMILES string of the molecule is CB(O)O.CC.CC.[Cl][Pd][Cl].c1ccc(P(c2ccccc2)c2ccccc2)cc1.c1ccc(P(c2ccccc2)c2ccccc2)cc1. The maximum absolute atomic E-state index is 7.61. The number of benzene rings is 6. The van der Waals surface area contributed by atoms with Gasteiger partial charge >= 0.3 is 42.1 Å². The van der Waals surface area contributed by atoms with Crippen LogP contribution in [0.15, 0.2) is 182 Å². The molecule has 0 fully saturated rings. The Kier molecular flexibility index (Phi) is 26.4. The van der Waals surface area contributed by atoms with E-state index in [0.717, 1.165) is 0 Å². The summed E-state index contributed by atoms with van der Waals surface area (Å²) in [5.41, 5.74) is 0. The Morgan fingerprint density at radius 1 is 0.367 bits per heavy atom. The van der Waals surface area contributed by atoms with Crippen molar-refractivity contribution in [3.05, 3.63) is 182 Å². The topological polar surface area (TPSA) is 40.5 Å². The van der Waals surface area contributed by atoms with Crippen molar-refractivity contribution in [1.29, 1.82) is 0 Å². The fourth-order valence-electron chi connectivity index (χ4n) is 4.36. The van der Waals surface area contributed by atoms with Crippen LogP contribution in [0.25, 0.3) is 0 Å². The number of hydrogen-bond acceptors (Lipinski definition) is 2. The summed E-state index contributed by atoms with van der Waals surface area (Å²) >= 11 is -0.106. The van der Waals surface area contributed by atoms with E-state index in [2.05, 4.69) is 182 Å². The van der Waals surface area contributed by atoms with Gasteiger partial charge in [0.2, 0.25) is 0 Å². The van der Waals surface area contributed by atoms with Crippen molar-refractivity contribution in [3.63, 3.8) is 0 Å². The van der Waals surface area contributed by atoms with E-state index in [1.165, 1.54) is 38.7 Å². The molecule has 6 rings (SSSR count). The molecular weight excluding hydrogens is 775 g/mol. The fourth-order valence-corrected chi connectivity index (χ4v) is 8.97. The predicted octanol–water partition coefficient (Wildman–Crippen LogP) is 9.41. The number of hydrogen-bond donors (Lipinski definition) is 2. The maximum atomic E-state index is 7.61. The average Bonchev–Trinajstić information content (AvgIpc) is 3.17. The van der Waals surface area contributed by atoms with Crippen molar-refractivity contribution in [1.82, 2.24) is 0 Å². The predicted molar refractivity (Wildman–Crippen MR) is 221 cm³/mol. The van der Waals surface area contributed by atoms with Crippen molar-refractivity contribution < 1.29 is 26.0 Å². The van der Waals surface area contributed by atoms with E-state index in [4.69, 9.17) is 29.1 Å². The summed E-state index contributed by atoms with van der Waals surface area (Å²) in [5.74, 6) is 0. The van der Waals surface area contributed by atoms with E-state index in [1.807, 2.05) is 27.7 Å². The molecule has 0 spiro atoms. The summed E-state index contributed by atoms with van der Waals surface area (Å²) < 4.78 is 0. The van der Waals surface area contributed by atoms with Crippen LogP contribution in [0.1, 0.15) is 27.7 Å². The molecule has 0 heterocycles. The summed E-state index contributed by atoms with van der Waals surface area (Å²) in [6, 6.07) is 64.7. The first-order valence-corrected chi connectivity index (χ1v) is 22.8. The minimum Gasteiger partial charge on any atom is -0.0622 e. The van der Waals surface area contributed by atoms with Crippen molar-refractivity contribution in [2.45, 2.75) is 34.5 Å². The molecule has 49 heavy (non-hydrogen) atoms. The summed E-state index contributed by atoms with van der Waals surface area (Å²) in [6.07, 6.45) is 0. The van der Waals surface area contributed by atoms with Gasteiger partial charge in [-0.15, -0.1) is 0 Å². The van der Waals surface area contributed by atoms with E-state index >= 15 is 0 Å². The quantitative estimate of drug-likeness (QED) is 0.130. The summed E-state index contributed by atoms with van der Waals surface area (Å²) in [6.45, 7) is 9.28. The van der Waals surface area contributed by atoms with Crippen LogP contribution in [0.2, 0.25) is 6.82 Å². The first kappa shape index (κ1) is 44.4. The van der Waals surface area contributed by atoms with E-state index in [0.29, 0.717) is 0 Å². The van der Waals surface area contributed by atoms with Crippen molar-refractivity contribution in [2.75, 3.05) is 0 Å². The fraction of sp³-hybridized carbons (Fsp3) is 0.122. The van der Waals surface area contributed by atoms with Gasteiger partial charge < -0.3 is 10.0 Å². The normalized spacial score (nSPS) is 9.45. The molecule has 2 N–H and O–H groups in total. The van der Waals surface area contributed by atoms with Crippen LogP contribution >= 0.6 is 34.9 Å². The molecule has 0 aliphatic rings. The monoisotopic (exact) mass is 820 g/mol. The van der Waals surface area contributed by atoms with Gasteiger partial charge in [-0.1, -0.05) is 210 Å². The standard InChI is InChI=1S/2C18H15P.2C2H6.CH5BO2.2ClH.Pd/c2*1-4-10-16(11-5-1)19(17-12-6-2-7-13-17)18-14-8-3-9-15-18;2*1-2;1-2(3)4;;;/h2*1-15H;2*1-2H3;3-4H,1H3;2*1H;/q;;;;;;;+2/p-2. The van der Waals surface area contributed by atoms with E-state index in [-0.39, 0.29) is 15.9 Å². The van der Waals surface area contributed by atoms with Gasteiger partial charge in [0.25, 0.3) is 0 Å². The van der Waals surface area contributed by atoms with Gasteiger partial charge in [-0.2, -0.15) is 0 Å². The van der Waals surface area contributed by atoms with Crippen molar-refractivity contribution in [3.8, 4) is 0 Å². The molecule has 0 atom stereocenters. The molecule has 0 aliphatic carbocycles. The van der Waals surface area contributed by atoms with Crippen LogP contribution in [-0.2, 0) is 15.9 Å². The van der Waals surface area contributed by atoms with Gasteiger partial charge in [0.05, 0.1) is 0 Å². The third-order valence-electron chi connectivity index (χ3n) is 6.09. The minimum atomic E-state index is -1.17. The zero-order valence-electron chi connectivity index (χ0n) is 28.8. The third-order valence-corrected chi connectivity index (χ3v) is 11.0. The van der Waals surface area contributed by atoms with Gasteiger partial charge in [0, 0.05) is 0 Å². The first-order chi connectivity index (χ1) is 24.0. The molecule has 0 saturated heterocycles. The van der Waals surface area contributed by atoms with E-state index in [9.17, 15) is 0 Å². The summed E-state index contributed by atoms with van der Waals surface area (Å²) in [4.78, 5) is 0. The molecule has 0 radical (unpaired) electrons. The molecule has 0 bridgehead atoms. The molecule has 0 aromatic heterocycles. The number of rotatable bonds is 6. The number of halogens is 2. The van der Waals surface area contributed by atoms with Crippen molar-refractivity contribution in [2.24, 2.45) is 0 Å². The molecule has 0 saturated carbocycles. The minimum absolute atomic E-state index is 0.106. The summed E-state index contributed by atoms with van der Waals surface area (Å²) in [5, 5.41) is 23.6. The molecule has 8 heteroatoms. The van der Waals surface area contributed by atoms with E-state index < -0.39 is 23.0 Å². The van der Waals surface area contributed by atoms with E-state index in [1.54, 1.807) is 0 Å². The average molecular weight is 822 g/mol. The Morgan fingerprint density at radius 2 is 0.469 bits per heavy atom. The smallest absolute Gasteiger partial charge is 0.0134 e. The molecule has 0 aliphatic heterocycles. The molecule has 2 nitrogen and oxygen atoms in total. The second kappa shape index (κ2) is 29.2. The molecule has 6 aromatic rings. The van der Waals surface area contributed by atoms with Crippen molar-refractivity contribution >= 4 is 73.8 Å². The van der Waals surface area contributed by atoms with Crippen LogP contribution in [0.4, 0.5) is 0 Å². The van der Waals surface area contributed by atoms with Gasteiger partial charge in [-0.25, -0.2) is 0 Å². The van der Waals surface area contributed by atoms with Gasteiger partial charge in [0.1, 0.15) is 0 Å². The van der Waals surface area contributed by atoms with Gasteiger partial charge in [-0.3, -0.25) is 0 Å². The van der Waals surface area contributed by atoms with Crippen LogP contribution in [0.3, 0.4) is 0 Å². The zero-order chi connectivity index (χ0) is 36.1. The molecule has 6 aromatic carbocycles. The summed E-state index contributed by atoms with van der Waals surface area (Å²) in [7, 11) is 7.57. The van der Waals surface area contributed by atoms with Gasteiger partial charge in [-0.05, 0) is 54.5 Å². The Bertz CT molecular complexity index is 1270. The first-order valence-electron chi connectivity index (χ1n) is 16.1. The second-order valence-corrected chi connectivity index (χ2v) is 16.2. The Hall–Kier alpha value is -2.59. The molecule has 260 valence electrons. The molecular formula is C41H47BCl2O2P2Pd.